The molecule has 4 saturated heterocycles. The Morgan fingerprint density at radius 1 is 0.629 bits per heavy atom. The highest BCUT2D eigenvalue weighted by molar-refractivity contribution is 4.93. The number of aliphatic hydroxyl groups is 8. The normalized spacial score (nSPS) is 53.2. The minimum atomic E-state index is -1.65. The maximum atomic E-state index is 11.0. The third-order valence-electron chi connectivity index (χ3n) is 6.65. The third-order valence-corrected chi connectivity index (χ3v) is 6.65. The molecule has 0 aromatic carbocycles. The summed E-state index contributed by atoms with van der Waals surface area (Å²) >= 11 is 0. The molecule has 0 saturated carbocycles. The summed E-state index contributed by atoms with van der Waals surface area (Å²) < 4.78 is 38.4. The first-order valence-electron chi connectivity index (χ1n) is 11.5. The molecule has 0 spiro atoms. The molecular formula is C20H34O15. The van der Waals surface area contributed by atoms with Crippen LogP contribution in [-0.2, 0) is 33.2 Å². The van der Waals surface area contributed by atoms with Crippen LogP contribution in [0.5, 0.6) is 0 Å². The van der Waals surface area contributed by atoms with Crippen molar-refractivity contribution in [1.29, 1.82) is 0 Å². The fraction of sp³-hybridized carbons (Fsp3) is 1.00. The zero-order chi connectivity index (χ0) is 25.4. The standard InChI is InChI=1S/C20H34O15/c1-6-3-30-18(10(6)22)34-9-5-31-19(33-8-4-29-17(28)13(25)12(8)24)15(27)16(9)35-20-14(26)11(23)7(2-21)32-20/h6-28H,2-5H2,1H3. The van der Waals surface area contributed by atoms with Crippen LogP contribution in [0.25, 0.3) is 0 Å². The Labute approximate surface area is 200 Å². The van der Waals surface area contributed by atoms with Gasteiger partial charge in [0, 0.05) is 5.92 Å². The van der Waals surface area contributed by atoms with Crippen LogP contribution in [0.15, 0.2) is 0 Å². The number of aliphatic hydroxyl groups excluding tert-OH is 8. The molecule has 0 bridgehead atoms. The second-order valence-corrected chi connectivity index (χ2v) is 9.22. The molecule has 35 heavy (non-hydrogen) atoms. The molecule has 15 heteroatoms. The van der Waals surface area contributed by atoms with Gasteiger partial charge in [-0.1, -0.05) is 6.92 Å². The van der Waals surface area contributed by atoms with Crippen molar-refractivity contribution in [3.63, 3.8) is 0 Å². The molecular weight excluding hydrogens is 480 g/mol. The van der Waals surface area contributed by atoms with E-state index >= 15 is 0 Å². The third kappa shape index (κ3) is 5.64. The summed E-state index contributed by atoms with van der Waals surface area (Å²) in [6, 6.07) is 0. The van der Waals surface area contributed by atoms with Gasteiger partial charge in [-0.25, -0.2) is 0 Å². The van der Waals surface area contributed by atoms with Gasteiger partial charge < -0.3 is 74.0 Å². The van der Waals surface area contributed by atoms with E-state index < -0.39 is 92.8 Å². The van der Waals surface area contributed by atoms with Crippen molar-refractivity contribution in [2.45, 2.75) is 93.1 Å². The highest BCUT2D eigenvalue weighted by Gasteiger charge is 2.51. The van der Waals surface area contributed by atoms with Crippen molar-refractivity contribution < 1.29 is 74.0 Å². The lowest BCUT2D eigenvalue weighted by Crippen LogP contribution is -2.61. The molecule has 0 amide bonds. The zero-order valence-corrected chi connectivity index (χ0v) is 18.9. The molecule has 4 aliphatic rings. The Bertz CT molecular complexity index is 685. The Morgan fingerprint density at radius 2 is 1.26 bits per heavy atom. The second kappa shape index (κ2) is 11.4. The second-order valence-electron chi connectivity index (χ2n) is 9.22. The van der Waals surface area contributed by atoms with Crippen LogP contribution in [-0.4, -0.2) is 153 Å². The van der Waals surface area contributed by atoms with Gasteiger partial charge in [-0.3, -0.25) is 0 Å². The molecule has 15 nitrogen and oxygen atoms in total. The predicted molar refractivity (Wildman–Crippen MR) is 107 cm³/mol. The van der Waals surface area contributed by atoms with E-state index in [1.54, 1.807) is 6.92 Å². The van der Waals surface area contributed by atoms with Crippen LogP contribution >= 0.6 is 0 Å². The van der Waals surface area contributed by atoms with Crippen molar-refractivity contribution >= 4 is 0 Å². The largest absolute Gasteiger partial charge is 0.394 e. The molecule has 4 heterocycles. The van der Waals surface area contributed by atoms with Crippen LogP contribution in [0.4, 0.5) is 0 Å². The highest BCUT2D eigenvalue weighted by atomic mass is 16.8. The fourth-order valence-electron chi connectivity index (χ4n) is 4.37. The monoisotopic (exact) mass is 514 g/mol. The molecule has 4 rings (SSSR count). The summed E-state index contributed by atoms with van der Waals surface area (Å²) in [6.45, 7) is 0.846. The van der Waals surface area contributed by atoms with Gasteiger partial charge in [0.2, 0.25) is 0 Å². The smallest absolute Gasteiger partial charge is 0.187 e. The van der Waals surface area contributed by atoms with Crippen LogP contribution in [0.1, 0.15) is 6.92 Å². The summed E-state index contributed by atoms with van der Waals surface area (Å²) in [6.07, 6.45) is -19.0. The summed E-state index contributed by atoms with van der Waals surface area (Å²) in [5.74, 6) is -0.208. The minimum Gasteiger partial charge on any atom is -0.394 e. The van der Waals surface area contributed by atoms with Gasteiger partial charge in [-0.2, -0.15) is 0 Å². The number of hydrogen-bond acceptors (Lipinski definition) is 15. The van der Waals surface area contributed by atoms with E-state index in [9.17, 15) is 40.9 Å². The van der Waals surface area contributed by atoms with Gasteiger partial charge in [0.15, 0.2) is 25.2 Å². The first-order chi connectivity index (χ1) is 16.6. The van der Waals surface area contributed by atoms with Gasteiger partial charge in [0.1, 0.15) is 61.0 Å². The van der Waals surface area contributed by atoms with Gasteiger partial charge in [-0.15, -0.1) is 0 Å². The van der Waals surface area contributed by atoms with Gasteiger partial charge in [-0.05, 0) is 0 Å². The van der Waals surface area contributed by atoms with Crippen LogP contribution in [0.3, 0.4) is 0 Å². The molecule has 0 aromatic rings. The molecule has 15 unspecified atom stereocenters. The zero-order valence-electron chi connectivity index (χ0n) is 18.9. The van der Waals surface area contributed by atoms with Gasteiger partial charge in [0.05, 0.1) is 26.4 Å². The molecule has 4 aliphatic heterocycles. The summed E-state index contributed by atoms with van der Waals surface area (Å²) in [5.41, 5.74) is 0. The quantitative estimate of drug-likeness (QED) is 0.159. The SMILES string of the molecule is CC1COC(OC2COC(OC3COC(O)C(O)C3O)C(O)C2OC2OC(CO)C(O)C2O)C1O. The van der Waals surface area contributed by atoms with E-state index in [4.69, 9.17) is 33.2 Å². The van der Waals surface area contributed by atoms with E-state index in [-0.39, 0.29) is 25.7 Å². The molecule has 204 valence electrons. The first-order valence-corrected chi connectivity index (χ1v) is 11.5. The van der Waals surface area contributed by atoms with Crippen LogP contribution in [0, 0.1) is 5.92 Å². The van der Waals surface area contributed by atoms with Gasteiger partial charge >= 0.3 is 0 Å². The molecule has 4 fully saturated rings. The molecule has 0 radical (unpaired) electrons. The number of rotatable bonds is 7. The molecule has 15 atom stereocenters. The maximum Gasteiger partial charge on any atom is 0.187 e. The van der Waals surface area contributed by atoms with E-state index in [0.29, 0.717) is 0 Å². The fourth-order valence-corrected chi connectivity index (χ4v) is 4.37. The summed E-state index contributed by atoms with van der Waals surface area (Å²) in [7, 11) is 0. The molecule has 0 aromatic heterocycles. The van der Waals surface area contributed by atoms with Crippen LogP contribution < -0.4 is 0 Å². The topological polar surface area (TPSA) is 226 Å². The average molecular weight is 514 g/mol. The molecule has 0 aliphatic carbocycles. The highest BCUT2D eigenvalue weighted by Crippen LogP contribution is 2.32. The van der Waals surface area contributed by atoms with E-state index in [1.807, 2.05) is 0 Å². The Hall–Kier alpha value is -0.600. The summed E-state index contributed by atoms with van der Waals surface area (Å²) in [5, 5.41) is 80.5. The van der Waals surface area contributed by atoms with Crippen molar-refractivity contribution in [2.24, 2.45) is 5.92 Å². The maximum absolute atomic E-state index is 11.0. The first kappa shape index (κ1) is 27.4. The minimum absolute atomic E-state index is 0.208. The van der Waals surface area contributed by atoms with Crippen molar-refractivity contribution in [3.05, 3.63) is 0 Å². The van der Waals surface area contributed by atoms with E-state index in [2.05, 4.69) is 0 Å². The number of ether oxygens (including phenoxy) is 7. The van der Waals surface area contributed by atoms with Gasteiger partial charge in [0.25, 0.3) is 0 Å². The average Bonchev–Trinajstić information content (AvgIpc) is 3.30. The lowest BCUT2D eigenvalue weighted by Gasteiger charge is -2.43. The van der Waals surface area contributed by atoms with Crippen molar-refractivity contribution in [3.8, 4) is 0 Å². The molecule has 8 N–H and O–H groups in total. The Morgan fingerprint density at radius 3 is 1.89 bits per heavy atom. The predicted octanol–water partition coefficient (Wildman–Crippen LogP) is -5.28. The lowest BCUT2D eigenvalue weighted by atomic mass is 10.0. The summed E-state index contributed by atoms with van der Waals surface area (Å²) in [4.78, 5) is 0. The van der Waals surface area contributed by atoms with E-state index in [0.717, 1.165) is 0 Å². The van der Waals surface area contributed by atoms with Crippen molar-refractivity contribution in [2.75, 3.05) is 26.4 Å². The Balaban J connectivity index is 1.47. The van der Waals surface area contributed by atoms with Crippen molar-refractivity contribution in [1.82, 2.24) is 0 Å². The lowest BCUT2D eigenvalue weighted by molar-refractivity contribution is -0.351. The number of hydrogen-bond donors (Lipinski definition) is 8. The van der Waals surface area contributed by atoms with Crippen LogP contribution in [0.2, 0.25) is 0 Å². The Kier molecular flexibility index (Phi) is 8.95. The van der Waals surface area contributed by atoms with E-state index in [1.165, 1.54) is 0 Å².